The number of likely N-dealkylation sites (tertiary alicyclic amines) is 1. The van der Waals surface area contributed by atoms with Crippen LogP contribution in [0.3, 0.4) is 0 Å². The topological polar surface area (TPSA) is 57.9 Å². The first-order chi connectivity index (χ1) is 5.34. The van der Waals surface area contributed by atoms with E-state index < -0.39 is 0 Å². The van der Waals surface area contributed by atoms with Crippen molar-refractivity contribution in [2.75, 3.05) is 13.1 Å². The summed E-state index contributed by atoms with van der Waals surface area (Å²) < 4.78 is 0. The van der Waals surface area contributed by atoms with Gasteiger partial charge >= 0.3 is 0 Å². The minimum absolute atomic E-state index is 0.380. The fourth-order valence-corrected chi connectivity index (χ4v) is 1.34. The molecule has 4 heteroatoms. The van der Waals surface area contributed by atoms with Crippen molar-refractivity contribution in [3.05, 3.63) is 18.2 Å². The van der Waals surface area contributed by atoms with Gasteiger partial charge in [-0.05, 0) is 0 Å². The Morgan fingerprint density at radius 3 is 3.09 bits per heavy atom. The standard InChI is InChI=1S/C7H12N4/c8-6-3-11(4-6)5-7-9-1-2-10-7/h1-2,6H,3-5,8H2,(H,9,10). The van der Waals surface area contributed by atoms with E-state index in [1.165, 1.54) is 0 Å². The van der Waals surface area contributed by atoms with E-state index in [4.69, 9.17) is 5.73 Å². The molecule has 4 nitrogen and oxygen atoms in total. The van der Waals surface area contributed by atoms with Gasteiger partial charge in [-0.3, -0.25) is 4.90 Å². The molecule has 1 saturated heterocycles. The summed E-state index contributed by atoms with van der Waals surface area (Å²) in [5.41, 5.74) is 5.63. The van der Waals surface area contributed by atoms with Crippen molar-refractivity contribution in [2.45, 2.75) is 12.6 Å². The van der Waals surface area contributed by atoms with Crippen LogP contribution < -0.4 is 5.73 Å². The third-order valence-corrected chi connectivity index (χ3v) is 1.91. The highest BCUT2D eigenvalue weighted by Crippen LogP contribution is 2.07. The molecule has 2 heterocycles. The second kappa shape index (κ2) is 2.64. The van der Waals surface area contributed by atoms with Gasteiger partial charge in [0.2, 0.25) is 0 Å². The lowest BCUT2D eigenvalue weighted by Crippen LogP contribution is -2.55. The van der Waals surface area contributed by atoms with Crippen LogP contribution in [-0.2, 0) is 6.54 Å². The van der Waals surface area contributed by atoms with Gasteiger partial charge in [0.1, 0.15) is 5.82 Å². The number of aromatic nitrogens is 2. The molecular weight excluding hydrogens is 140 g/mol. The molecule has 0 bridgehead atoms. The van der Waals surface area contributed by atoms with E-state index in [0.29, 0.717) is 6.04 Å². The average Bonchev–Trinajstić information content (AvgIpc) is 2.36. The Morgan fingerprint density at radius 1 is 1.73 bits per heavy atom. The van der Waals surface area contributed by atoms with E-state index in [2.05, 4.69) is 14.9 Å². The molecule has 1 aliphatic rings. The largest absolute Gasteiger partial charge is 0.348 e. The van der Waals surface area contributed by atoms with Crippen molar-refractivity contribution in [3.8, 4) is 0 Å². The number of H-pyrrole nitrogens is 1. The van der Waals surface area contributed by atoms with Crippen molar-refractivity contribution in [2.24, 2.45) is 5.73 Å². The Labute approximate surface area is 65.4 Å². The first kappa shape index (κ1) is 6.82. The number of rotatable bonds is 2. The maximum atomic E-state index is 5.63. The lowest BCUT2D eigenvalue weighted by molar-refractivity contribution is 0.139. The molecule has 1 aliphatic heterocycles. The SMILES string of the molecule is NC1CN(Cc2ncc[nH]2)C1. The molecule has 0 spiro atoms. The van der Waals surface area contributed by atoms with Crippen molar-refractivity contribution in [3.63, 3.8) is 0 Å². The number of imidazole rings is 1. The van der Waals surface area contributed by atoms with E-state index >= 15 is 0 Å². The highest BCUT2D eigenvalue weighted by Gasteiger charge is 2.22. The zero-order valence-corrected chi connectivity index (χ0v) is 6.33. The van der Waals surface area contributed by atoms with E-state index in [1.807, 2.05) is 6.20 Å². The number of hydrogen-bond acceptors (Lipinski definition) is 3. The van der Waals surface area contributed by atoms with Crippen LogP contribution in [0.5, 0.6) is 0 Å². The van der Waals surface area contributed by atoms with Gasteiger partial charge in [0.25, 0.3) is 0 Å². The molecule has 1 aromatic rings. The summed E-state index contributed by atoms with van der Waals surface area (Å²) in [7, 11) is 0. The zero-order valence-electron chi connectivity index (χ0n) is 6.33. The number of nitrogens with one attached hydrogen (secondary N) is 1. The normalized spacial score (nSPS) is 20.1. The van der Waals surface area contributed by atoms with Gasteiger partial charge in [-0.25, -0.2) is 4.98 Å². The van der Waals surface area contributed by atoms with Crippen LogP contribution in [0.15, 0.2) is 12.4 Å². The Hall–Kier alpha value is -0.870. The van der Waals surface area contributed by atoms with E-state index in [-0.39, 0.29) is 0 Å². The Bertz CT molecular complexity index is 212. The van der Waals surface area contributed by atoms with Gasteiger partial charge in [-0.2, -0.15) is 0 Å². The van der Waals surface area contributed by atoms with Gasteiger partial charge in [0.15, 0.2) is 0 Å². The van der Waals surface area contributed by atoms with Crippen LogP contribution >= 0.6 is 0 Å². The smallest absolute Gasteiger partial charge is 0.120 e. The average molecular weight is 152 g/mol. The number of nitrogens with two attached hydrogens (primary N) is 1. The van der Waals surface area contributed by atoms with Gasteiger partial charge in [0.05, 0.1) is 6.54 Å². The lowest BCUT2D eigenvalue weighted by atomic mass is 10.1. The summed E-state index contributed by atoms with van der Waals surface area (Å²) in [5, 5.41) is 0. The molecule has 0 radical (unpaired) electrons. The van der Waals surface area contributed by atoms with Crippen LogP contribution in [0.1, 0.15) is 5.82 Å². The molecule has 1 aromatic heterocycles. The first-order valence-corrected chi connectivity index (χ1v) is 3.81. The minimum atomic E-state index is 0.380. The highest BCUT2D eigenvalue weighted by molar-refractivity contribution is 4.91. The zero-order chi connectivity index (χ0) is 7.68. The molecule has 2 rings (SSSR count). The van der Waals surface area contributed by atoms with Gasteiger partial charge in [0, 0.05) is 31.5 Å². The Balaban J connectivity index is 1.84. The number of aromatic amines is 1. The quantitative estimate of drug-likeness (QED) is 0.603. The summed E-state index contributed by atoms with van der Waals surface area (Å²) >= 11 is 0. The maximum absolute atomic E-state index is 5.63. The van der Waals surface area contributed by atoms with E-state index in [0.717, 1.165) is 25.5 Å². The third kappa shape index (κ3) is 1.41. The molecule has 3 N–H and O–H groups in total. The second-order valence-corrected chi connectivity index (χ2v) is 2.99. The summed E-state index contributed by atoms with van der Waals surface area (Å²) in [6.07, 6.45) is 3.62. The molecule has 0 unspecified atom stereocenters. The van der Waals surface area contributed by atoms with Crippen LogP contribution in [0, 0.1) is 0 Å². The van der Waals surface area contributed by atoms with Crippen molar-refractivity contribution in [1.29, 1.82) is 0 Å². The van der Waals surface area contributed by atoms with Gasteiger partial charge < -0.3 is 10.7 Å². The van der Waals surface area contributed by atoms with Crippen LogP contribution in [-0.4, -0.2) is 34.0 Å². The Kier molecular flexibility index (Phi) is 1.63. The molecule has 0 aliphatic carbocycles. The monoisotopic (exact) mass is 152 g/mol. The van der Waals surface area contributed by atoms with Crippen molar-refractivity contribution >= 4 is 0 Å². The summed E-state index contributed by atoms with van der Waals surface area (Å²) in [4.78, 5) is 9.45. The van der Waals surface area contributed by atoms with Crippen molar-refractivity contribution < 1.29 is 0 Å². The first-order valence-electron chi connectivity index (χ1n) is 3.81. The number of hydrogen-bond donors (Lipinski definition) is 2. The molecule has 0 saturated carbocycles. The second-order valence-electron chi connectivity index (χ2n) is 2.99. The fourth-order valence-electron chi connectivity index (χ4n) is 1.34. The molecule has 1 fully saturated rings. The molecule has 11 heavy (non-hydrogen) atoms. The number of nitrogens with zero attached hydrogens (tertiary/aromatic N) is 2. The predicted octanol–water partition coefficient (Wildman–Crippen LogP) is -0.447. The highest BCUT2D eigenvalue weighted by atomic mass is 15.2. The van der Waals surface area contributed by atoms with Gasteiger partial charge in [-0.1, -0.05) is 0 Å². The molecule has 0 aromatic carbocycles. The minimum Gasteiger partial charge on any atom is -0.348 e. The molecular formula is C7H12N4. The van der Waals surface area contributed by atoms with Crippen LogP contribution in [0.4, 0.5) is 0 Å². The fraction of sp³-hybridized carbons (Fsp3) is 0.571. The van der Waals surface area contributed by atoms with Crippen LogP contribution in [0.2, 0.25) is 0 Å². The van der Waals surface area contributed by atoms with Gasteiger partial charge in [-0.15, -0.1) is 0 Å². The summed E-state index contributed by atoms with van der Waals surface area (Å²) in [5.74, 6) is 1.02. The Morgan fingerprint density at radius 2 is 2.55 bits per heavy atom. The molecule has 60 valence electrons. The van der Waals surface area contributed by atoms with Crippen LogP contribution in [0.25, 0.3) is 0 Å². The van der Waals surface area contributed by atoms with E-state index in [9.17, 15) is 0 Å². The maximum Gasteiger partial charge on any atom is 0.120 e. The lowest BCUT2D eigenvalue weighted by Gasteiger charge is -2.35. The molecule has 0 amide bonds. The van der Waals surface area contributed by atoms with Crippen molar-refractivity contribution in [1.82, 2.24) is 14.9 Å². The summed E-state index contributed by atoms with van der Waals surface area (Å²) in [6, 6.07) is 0.380. The van der Waals surface area contributed by atoms with E-state index in [1.54, 1.807) is 6.20 Å². The third-order valence-electron chi connectivity index (χ3n) is 1.91. The molecule has 0 atom stereocenters. The summed E-state index contributed by atoms with van der Waals surface area (Å²) in [6.45, 7) is 2.90. The predicted molar refractivity (Wildman–Crippen MR) is 41.8 cm³/mol.